The largest absolute Gasteiger partial charge is 0.480 e. The van der Waals surface area contributed by atoms with Gasteiger partial charge in [0.05, 0.1) is 6.61 Å². The highest BCUT2D eigenvalue weighted by atomic mass is 79.9. The van der Waals surface area contributed by atoms with Crippen LogP contribution in [0.15, 0.2) is 45.3 Å². The number of anilines is 1. The molecular weight excluding hydrogens is 426 g/mol. The van der Waals surface area contributed by atoms with E-state index in [0.29, 0.717) is 0 Å². The molecule has 0 atom stereocenters. The summed E-state index contributed by atoms with van der Waals surface area (Å²) in [5, 5.41) is 8.58. The molecule has 0 unspecified atom stereocenters. The molecule has 4 nitrogen and oxygen atoms in total. The second-order valence-electron chi connectivity index (χ2n) is 4.86. The molecule has 0 aliphatic rings. The predicted octanol–water partition coefficient (Wildman–Crippen LogP) is 4.57. The van der Waals surface area contributed by atoms with Gasteiger partial charge in [-0.2, -0.15) is 0 Å². The van der Waals surface area contributed by atoms with Gasteiger partial charge in [-0.3, -0.25) is 0 Å². The zero-order chi connectivity index (χ0) is 16.8. The number of aliphatic carboxylic acids is 1. The second-order valence-corrected chi connectivity index (χ2v) is 6.57. The average Bonchev–Trinajstić information content (AvgIpc) is 2.46. The van der Waals surface area contributed by atoms with Crippen molar-refractivity contribution in [3.05, 3.63) is 62.0 Å². The van der Waals surface area contributed by atoms with Gasteiger partial charge in [0.1, 0.15) is 6.61 Å². The van der Waals surface area contributed by atoms with Crippen molar-refractivity contribution >= 4 is 55.7 Å². The van der Waals surface area contributed by atoms with Crippen LogP contribution in [0.25, 0.3) is 12.2 Å². The first-order chi connectivity index (χ1) is 11.0. The second kappa shape index (κ2) is 8.29. The van der Waals surface area contributed by atoms with Gasteiger partial charge in [0.2, 0.25) is 0 Å². The SMILES string of the molecule is Nc1cccc(/C=C/c2c(Br)cc(COCC(=O)O)cc2Br)c1. The molecule has 0 aromatic heterocycles. The summed E-state index contributed by atoms with van der Waals surface area (Å²) in [5.41, 5.74) is 9.36. The van der Waals surface area contributed by atoms with Crippen LogP contribution in [0.5, 0.6) is 0 Å². The maximum absolute atomic E-state index is 10.5. The third-order valence-corrected chi connectivity index (χ3v) is 4.30. The van der Waals surface area contributed by atoms with Gasteiger partial charge in [-0.25, -0.2) is 4.79 Å². The lowest BCUT2D eigenvalue weighted by molar-refractivity contribution is -0.142. The van der Waals surface area contributed by atoms with Crippen LogP contribution < -0.4 is 5.73 Å². The summed E-state index contributed by atoms with van der Waals surface area (Å²) < 4.78 is 6.88. The summed E-state index contributed by atoms with van der Waals surface area (Å²) in [5.74, 6) is -0.982. The molecule has 0 spiro atoms. The lowest BCUT2D eigenvalue weighted by Crippen LogP contribution is -2.06. The normalized spacial score (nSPS) is 11.0. The van der Waals surface area contributed by atoms with E-state index in [1.54, 1.807) is 0 Å². The van der Waals surface area contributed by atoms with Crippen LogP contribution in [0, 0.1) is 0 Å². The first-order valence-corrected chi connectivity index (χ1v) is 8.35. The molecular formula is C17H15Br2NO3. The monoisotopic (exact) mass is 439 g/mol. The molecule has 0 bridgehead atoms. The van der Waals surface area contributed by atoms with E-state index in [-0.39, 0.29) is 13.2 Å². The summed E-state index contributed by atoms with van der Waals surface area (Å²) in [6.45, 7) is -0.0744. The van der Waals surface area contributed by atoms with Crippen molar-refractivity contribution in [1.82, 2.24) is 0 Å². The summed E-state index contributed by atoms with van der Waals surface area (Å²) in [6.07, 6.45) is 3.95. The minimum absolute atomic E-state index is 0.239. The molecule has 3 N–H and O–H groups in total. The van der Waals surface area contributed by atoms with Gasteiger partial charge < -0.3 is 15.6 Å². The fourth-order valence-corrected chi connectivity index (χ4v) is 3.52. The highest BCUT2D eigenvalue weighted by molar-refractivity contribution is 9.11. The smallest absolute Gasteiger partial charge is 0.329 e. The van der Waals surface area contributed by atoms with Crippen molar-refractivity contribution in [2.45, 2.75) is 6.61 Å². The number of rotatable bonds is 6. The van der Waals surface area contributed by atoms with Gasteiger partial charge in [0.15, 0.2) is 0 Å². The van der Waals surface area contributed by atoms with Crippen LogP contribution in [0.2, 0.25) is 0 Å². The van der Waals surface area contributed by atoms with Crippen molar-refractivity contribution in [3.63, 3.8) is 0 Å². The van der Waals surface area contributed by atoms with Gasteiger partial charge in [-0.1, -0.05) is 56.1 Å². The third-order valence-electron chi connectivity index (χ3n) is 2.99. The standard InChI is InChI=1S/C17H15Br2NO3/c18-15-7-12(9-23-10-17(21)22)8-16(19)14(15)5-4-11-2-1-3-13(20)6-11/h1-8H,9-10,20H2,(H,21,22)/b5-4+. The van der Waals surface area contributed by atoms with E-state index in [2.05, 4.69) is 31.9 Å². The molecule has 0 saturated carbocycles. The summed E-state index contributed by atoms with van der Waals surface area (Å²) in [6, 6.07) is 11.4. The third kappa shape index (κ3) is 5.49. The Bertz CT molecular complexity index is 721. The number of nitrogen functional groups attached to an aromatic ring is 1. The first kappa shape index (κ1) is 17.7. The molecule has 0 heterocycles. The van der Waals surface area contributed by atoms with Crippen LogP contribution in [-0.4, -0.2) is 17.7 Å². The number of hydrogen-bond acceptors (Lipinski definition) is 3. The van der Waals surface area contributed by atoms with Gasteiger partial charge in [-0.05, 0) is 35.4 Å². The number of halogens is 2. The Kier molecular flexibility index (Phi) is 6.38. The van der Waals surface area contributed by atoms with E-state index in [1.165, 1.54) is 0 Å². The molecule has 6 heteroatoms. The molecule has 23 heavy (non-hydrogen) atoms. The Hall–Kier alpha value is -1.63. The molecule has 2 aromatic carbocycles. The van der Waals surface area contributed by atoms with E-state index in [1.807, 2.05) is 48.6 Å². The van der Waals surface area contributed by atoms with Crippen LogP contribution in [-0.2, 0) is 16.1 Å². The number of hydrogen-bond donors (Lipinski definition) is 2. The van der Waals surface area contributed by atoms with Gasteiger partial charge >= 0.3 is 5.97 Å². The van der Waals surface area contributed by atoms with Gasteiger partial charge in [0.25, 0.3) is 0 Å². The van der Waals surface area contributed by atoms with Gasteiger partial charge in [0, 0.05) is 20.2 Å². The van der Waals surface area contributed by atoms with Crippen molar-refractivity contribution in [3.8, 4) is 0 Å². The molecule has 0 aliphatic heterocycles. The number of nitrogens with two attached hydrogens (primary N) is 1. The summed E-state index contributed by atoms with van der Waals surface area (Å²) in [7, 11) is 0. The Morgan fingerprint density at radius 3 is 2.48 bits per heavy atom. The van der Waals surface area contributed by atoms with Gasteiger partial charge in [-0.15, -0.1) is 0 Å². The number of carboxylic acids is 1. The van der Waals surface area contributed by atoms with Crippen molar-refractivity contribution in [2.24, 2.45) is 0 Å². The Balaban J connectivity index is 2.15. The molecule has 120 valence electrons. The minimum Gasteiger partial charge on any atom is -0.480 e. The Labute approximate surface area is 151 Å². The highest BCUT2D eigenvalue weighted by Gasteiger charge is 2.06. The number of ether oxygens (including phenoxy) is 1. The molecule has 0 aliphatic carbocycles. The van der Waals surface area contributed by atoms with E-state index in [4.69, 9.17) is 15.6 Å². The van der Waals surface area contributed by atoms with E-state index in [0.717, 1.165) is 31.3 Å². The van der Waals surface area contributed by atoms with Crippen LogP contribution in [0.1, 0.15) is 16.7 Å². The lowest BCUT2D eigenvalue weighted by atomic mass is 10.1. The lowest BCUT2D eigenvalue weighted by Gasteiger charge is -2.08. The highest BCUT2D eigenvalue weighted by Crippen LogP contribution is 2.29. The zero-order valence-corrected chi connectivity index (χ0v) is 15.3. The predicted molar refractivity (Wildman–Crippen MR) is 98.9 cm³/mol. The quantitative estimate of drug-likeness (QED) is 0.509. The number of benzene rings is 2. The Morgan fingerprint density at radius 1 is 1.17 bits per heavy atom. The summed E-state index contributed by atoms with van der Waals surface area (Å²) in [4.78, 5) is 10.5. The molecule has 0 saturated heterocycles. The van der Waals surface area contributed by atoms with Crippen molar-refractivity contribution in [2.75, 3.05) is 12.3 Å². The van der Waals surface area contributed by atoms with Crippen LogP contribution in [0.3, 0.4) is 0 Å². The average molecular weight is 441 g/mol. The van der Waals surface area contributed by atoms with Crippen LogP contribution >= 0.6 is 31.9 Å². The Morgan fingerprint density at radius 2 is 1.87 bits per heavy atom. The first-order valence-electron chi connectivity index (χ1n) is 6.77. The fourth-order valence-electron chi connectivity index (χ4n) is 1.98. The topological polar surface area (TPSA) is 72.5 Å². The van der Waals surface area contributed by atoms with Crippen molar-refractivity contribution in [1.29, 1.82) is 0 Å². The number of carboxylic acid groups (broad SMARTS) is 1. The van der Waals surface area contributed by atoms with E-state index >= 15 is 0 Å². The van der Waals surface area contributed by atoms with Crippen molar-refractivity contribution < 1.29 is 14.6 Å². The number of carbonyl (C=O) groups is 1. The molecule has 0 amide bonds. The maximum atomic E-state index is 10.5. The van der Waals surface area contributed by atoms with E-state index < -0.39 is 5.97 Å². The fraction of sp³-hybridized carbons (Fsp3) is 0.118. The van der Waals surface area contributed by atoms with E-state index in [9.17, 15) is 4.79 Å². The molecule has 2 rings (SSSR count). The molecule has 0 radical (unpaired) electrons. The maximum Gasteiger partial charge on any atom is 0.329 e. The zero-order valence-electron chi connectivity index (χ0n) is 12.1. The van der Waals surface area contributed by atoms with Crippen LogP contribution in [0.4, 0.5) is 5.69 Å². The molecule has 2 aromatic rings. The molecule has 0 fully saturated rings. The minimum atomic E-state index is -0.982. The summed E-state index contributed by atoms with van der Waals surface area (Å²) >= 11 is 7.06.